The van der Waals surface area contributed by atoms with E-state index in [0.717, 1.165) is 12.3 Å². The van der Waals surface area contributed by atoms with Crippen molar-refractivity contribution in [3.05, 3.63) is 0 Å². The summed E-state index contributed by atoms with van der Waals surface area (Å²) in [6, 6.07) is 0. The summed E-state index contributed by atoms with van der Waals surface area (Å²) in [7, 11) is 0. The average Bonchev–Trinajstić information content (AvgIpc) is 3.00. The van der Waals surface area contributed by atoms with Gasteiger partial charge in [0.1, 0.15) is 0 Å². The minimum Gasteiger partial charge on any atom is -0.394 e. The van der Waals surface area contributed by atoms with E-state index in [2.05, 4.69) is 0 Å². The molecule has 1 aliphatic heterocycles. The highest BCUT2D eigenvalue weighted by atomic mass is 16.5. The van der Waals surface area contributed by atoms with E-state index in [4.69, 9.17) is 9.84 Å². The maximum atomic E-state index is 12.4. The number of hydrogen-bond acceptors (Lipinski definition) is 3. The number of rotatable bonds is 2. The Morgan fingerprint density at radius 3 is 2.88 bits per heavy atom. The third-order valence-corrected chi connectivity index (χ3v) is 4.71. The van der Waals surface area contributed by atoms with E-state index in [0.29, 0.717) is 31.5 Å². The zero-order valence-corrected chi connectivity index (χ0v) is 10.2. The van der Waals surface area contributed by atoms with Gasteiger partial charge in [-0.2, -0.15) is 0 Å². The van der Waals surface area contributed by atoms with Gasteiger partial charge in [0, 0.05) is 19.0 Å². The molecular formula is C13H21NO3. The lowest BCUT2D eigenvalue weighted by molar-refractivity contribution is -0.146. The third kappa shape index (κ3) is 2.08. The van der Waals surface area contributed by atoms with Crippen LogP contribution in [0.1, 0.15) is 25.7 Å². The molecule has 0 radical (unpaired) electrons. The first-order valence-corrected chi connectivity index (χ1v) is 6.79. The number of amides is 1. The number of ether oxygens (including phenoxy) is 1. The Kier molecular flexibility index (Phi) is 3.09. The van der Waals surface area contributed by atoms with Gasteiger partial charge in [-0.25, -0.2) is 0 Å². The van der Waals surface area contributed by atoms with Gasteiger partial charge < -0.3 is 14.7 Å². The van der Waals surface area contributed by atoms with E-state index >= 15 is 0 Å². The van der Waals surface area contributed by atoms with Crippen molar-refractivity contribution in [2.24, 2.45) is 17.8 Å². The second-order valence-corrected chi connectivity index (χ2v) is 5.74. The van der Waals surface area contributed by atoms with Gasteiger partial charge in [0.2, 0.25) is 5.91 Å². The second kappa shape index (κ2) is 4.58. The van der Waals surface area contributed by atoms with Crippen LogP contribution in [0.5, 0.6) is 0 Å². The molecule has 0 aromatic carbocycles. The molecule has 96 valence electrons. The van der Waals surface area contributed by atoms with Gasteiger partial charge in [-0.15, -0.1) is 0 Å². The van der Waals surface area contributed by atoms with Crippen molar-refractivity contribution in [2.45, 2.75) is 31.8 Å². The van der Waals surface area contributed by atoms with Crippen LogP contribution >= 0.6 is 0 Å². The number of carbonyl (C=O) groups excluding carboxylic acids is 1. The Labute approximate surface area is 102 Å². The fraction of sp³-hybridized carbons (Fsp3) is 0.923. The first-order chi connectivity index (χ1) is 8.28. The Hall–Kier alpha value is -0.610. The summed E-state index contributed by atoms with van der Waals surface area (Å²) in [6.07, 6.45) is 4.77. The Balaban J connectivity index is 1.62. The predicted molar refractivity (Wildman–Crippen MR) is 62.3 cm³/mol. The molecule has 4 heteroatoms. The topological polar surface area (TPSA) is 49.8 Å². The fourth-order valence-electron chi connectivity index (χ4n) is 3.81. The van der Waals surface area contributed by atoms with Crippen LogP contribution < -0.4 is 0 Å². The Bertz CT molecular complexity index is 307. The highest BCUT2D eigenvalue weighted by Gasteiger charge is 2.44. The summed E-state index contributed by atoms with van der Waals surface area (Å²) in [4.78, 5) is 14.4. The second-order valence-electron chi connectivity index (χ2n) is 5.74. The number of fused-ring (bicyclic) bond motifs is 2. The predicted octanol–water partition coefficient (Wildman–Crippen LogP) is 0.642. The quantitative estimate of drug-likeness (QED) is 0.769. The largest absolute Gasteiger partial charge is 0.394 e. The van der Waals surface area contributed by atoms with Crippen LogP contribution in [0.2, 0.25) is 0 Å². The molecule has 3 aliphatic rings. The Morgan fingerprint density at radius 1 is 1.35 bits per heavy atom. The highest BCUT2D eigenvalue weighted by molar-refractivity contribution is 5.79. The zero-order valence-electron chi connectivity index (χ0n) is 10.2. The summed E-state index contributed by atoms with van der Waals surface area (Å²) < 4.78 is 5.39. The minimum absolute atomic E-state index is 0.0144. The van der Waals surface area contributed by atoms with E-state index in [9.17, 15) is 4.79 Å². The van der Waals surface area contributed by atoms with Crippen molar-refractivity contribution in [2.75, 3.05) is 26.3 Å². The van der Waals surface area contributed by atoms with E-state index in [1.807, 2.05) is 4.90 Å². The van der Waals surface area contributed by atoms with E-state index in [1.165, 1.54) is 19.3 Å². The molecule has 2 aliphatic carbocycles. The number of nitrogens with zero attached hydrogens (tertiary/aromatic N) is 1. The molecule has 1 saturated heterocycles. The van der Waals surface area contributed by atoms with Crippen molar-refractivity contribution in [1.29, 1.82) is 0 Å². The van der Waals surface area contributed by atoms with Crippen LogP contribution in [0.3, 0.4) is 0 Å². The van der Waals surface area contributed by atoms with Crippen molar-refractivity contribution in [1.82, 2.24) is 4.90 Å². The van der Waals surface area contributed by atoms with E-state index in [-0.39, 0.29) is 18.6 Å². The van der Waals surface area contributed by atoms with Crippen LogP contribution in [-0.2, 0) is 9.53 Å². The molecule has 1 heterocycles. The van der Waals surface area contributed by atoms with Crippen LogP contribution in [-0.4, -0.2) is 48.3 Å². The number of carbonyl (C=O) groups is 1. The standard InChI is InChI=1S/C13H21NO3/c15-8-11-7-14(3-4-17-11)13(16)12-6-9-1-2-10(12)5-9/h9-12,15H,1-8H2. The lowest BCUT2D eigenvalue weighted by Crippen LogP contribution is -2.49. The van der Waals surface area contributed by atoms with Crippen molar-refractivity contribution < 1.29 is 14.6 Å². The summed E-state index contributed by atoms with van der Waals surface area (Å²) in [6.45, 7) is 1.85. The van der Waals surface area contributed by atoms with Crippen LogP contribution in [0.15, 0.2) is 0 Å². The summed E-state index contributed by atoms with van der Waals surface area (Å²) in [5.74, 6) is 2.04. The van der Waals surface area contributed by atoms with E-state index in [1.54, 1.807) is 0 Å². The molecule has 3 rings (SSSR count). The smallest absolute Gasteiger partial charge is 0.226 e. The molecule has 17 heavy (non-hydrogen) atoms. The van der Waals surface area contributed by atoms with Crippen LogP contribution in [0, 0.1) is 17.8 Å². The first-order valence-electron chi connectivity index (χ1n) is 6.79. The number of aliphatic hydroxyl groups excluding tert-OH is 1. The molecule has 0 spiro atoms. The number of hydrogen-bond donors (Lipinski definition) is 1. The first kappa shape index (κ1) is 11.5. The number of morpholine rings is 1. The third-order valence-electron chi connectivity index (χ3n) is 4.71. The van der Waals surface area contributed by atoms with Crippen LogP contribution in [0.4, 0.5) is 0 Å². The van der Waals surface area contributed by atoms with Crippen molar-refractivity contribution in [3.63, 3.8) is 0 Å². The molecule has 0 aromatic rings. The molecule has 2 bridgehead atoms. The summed E-state index contributed by atoms with van der Waals surface area (Å²) in [5.41, 5.74) is 0. The van der Waals surface area contributed by atoms with Crippen LogP contribution in [0.25, 0.3) is 0 Å². The molecule has 1 N–H and O–H groups in total. The number of aliphatic hydroxyl groups is 1. The molecule has 0 aromatic heterocycles. The molecule has 4 unspecified atom stereocenters. The Morgan fingerprint density at radius 2 is 2.24 bits per heavy atom. The highest BCUT2D eigenvalue weighted by Crippen LogP contribution is 2.48. The van der Waals surface area contributed by atoms with E-state index < -0.39 is 0 Å². The SMILES string of the molecule is O=C(C1CC2CCC1C2)N1CCOC(CO)C1. The minimum atomic E-state index is -0.175. The molecule has 4 nitrogen and oxygen atoms in total. The van der Waals surface area contributed by atoms with Crippen molar-refractivity contribution in [3.8, 4) is 0 Å². The fourth-order valence-corrected chi connectivity index (χ4v) is 3.81. The van der Waals surface area contributed by atoms with Gasteiger partial charge in [-0.05, 0) is 31.1 Å². The molecule has 3 fully saturated rings. The van der Waals surface area contributed by atoms with Gasteiger partial charge >= 0.3 is 0 Å². The van der Waals surface area contributed by atoms with Crippen molar-refractivity contribution >= 4 is 5.91 Å². The molecule has 1 amide bonds. The maximum Gasteiger partial charge on any atom is 0.226 e. The lowest BCUT2D eigenvalue weighted by atomic mass is 9.87. The monoisotopic (exact) mass is 239 g/mol. The van der Waals surface area contributed by atoms with Gasteiger partial charge in [-0.3, -0.25) is 4.79 Å². The van der Waals surface area contributed by atoms with Gasteiger partial charge in [0.25, 0.3) is 0 Å². The molecular weight excluding hydrogens is 218 g/mol. The average molecular weight is 239 g/mol. The summed E-state index contributed by atoms with van der Waals surface area (Å²) in [5, 5.41) is 9.10. The van der Waals surface area contributed by atoms with Gasteiger partial charge in [0.05, 0.1) is 19.3 Å². The molecule has 2 saturated carbocycles. The zero-order chi connectivity index (χ0) is 11.8. The van der Waals surface area contributed by atoms with Gasteiger partial charge in [0.15, 0.2) is 0 Å². The summed E-state index contributed by atoms with van der Waals surface area (Å²) >= 11 is 0. The lowest BCUT2D eigenvalue weighted by Gasteiger charge is -2.35. The van der Waals surface area contributed by atoms with Gasteiger partial charge in [-0.1, -0.05) is 6.42 Å². The maximum absolute atomic E-state index is 12.4. The molecule has 4 atom stereocenters. The normalized spacial score (nSPS) is 40.9.